The van der Waals surface area contributed by atoms with Crippen LogP contribution in [0.25, 0.3) is 72.3 Å². The van der Waals surface area contributed by atoms with Gasteiger partial charge in [-0.15, -0.1) is 0 Å². The van der Waals surface area contributed by atoms with E-state index in [-0.39, 0.29) is 5.78 Å². The number of carbonyl (C=O) groups excluding carboxylic acids is 1. The highest BCUT2D eigenvalue weighted by atomic mass is 16.1. The highest BCUT2D eigenvalue weighted by Crippen LogP contribution is 2.51. The van der Waals surface area contributed by atoms with Gasteiger partial charge in [0.05, 0.1) is 11.4 Å². The van der Waals surface area contributed by atoms with E-state index in [1.54, 1.807) is 6.08 Å². The molecule has 1 aliphatic heterocycles. The zero-order chi connectivity index (χ0) is 28.7. The first kappa shape index (κ1) is 24.8. The largest absolute Gasteiger partial charge is 0.355 e. The molecule has 0 fully saturated rings. The second kappa shape index (κ2) is 9.02. The lowest BCUT2D eigenvalue weighted by molar-refractivity contribution is 0.104. The van der Waals surface area contributed by atoms with Crippen LogP contribution in [0.1, 0.15) is 65.6 Å². The normalized spacial score (nSPS) is 13.8. The van der Waals surface area contributed by atoms with Gasteiger partial charge >= 0.3 is 0 Å². The monoisotopic (exact) mass is 545 g/mol. The van der Waals surface area contributed by atoms with Gasteiger partial charge in [-0.25, -0.2) is 4.98 Å². The van der Waals surface area contributed by atoms with E-state index in [0.29, 0.717) is 5.56 Å². The van der Waals surface area contributed by atoms with Gasteiger partial charge < -0.3 is 9.97 Å². The van der Waals surface area contributed by atoms with Crippen LogP contribution < -0.4 is 0 Å². The Morgan fingerprint density at radius 2 is 1.43 bits per heavy atom. The number of aromatic amines is 2. The second-order valence-corrected chi connectivity index (χ2v) is 11.5. The minimum atomic E-state index is 0.00316. The van der Waals surface area contributed by atoms with Crippen LogP contribution in [-0.4, -0.2) is 20.7 Å². The van der Waals surface area contributed by atoms with Gasteiger partial charge in [-0.1, -0.05) is 56.3 Å². The Balaban J connectivity index is 1.59. The molecule has 0 atom stereocenters. The number of hydrogen-bond donors (Lipinski definition) is 2. The van der Waals surface area contributed by atoms with Gasteiger partial charge in [0.25, 0.3) is 0 Å². The summed E-state index contributed by atoms with van der Waals surface area (Å²) in [6, 6.07) is 23.8. The molecule has 2 aromatic carbocycles. The predicted molar refractivity (Wildman–Crippen MR) is 175 cm³/mol. The maximum Gasteiger partial charge on any atom is 0.185 e. The number of fused-ring (bicyclic) bond motifs is 13. The van der Waals surface area contributed by atoms with Crippen molar-refractivity contribution in [1.82, 2.24) is 15.0 Å². The predicted octanol–water partition coefficient (Wildman–Crippen LogP) is 9.83. The third-order valence-corrected chi connectivity index (χ3v) is 9.25. The maximum atomic E-state index is 13.0. The first-order chi connectivity index (χ1) is 20.4. The van der Waals surface area contributed by atoms with E-state index in [2.05, 4.69) is 92.3 Å². The molecule has 0 spiro atoms. The molecular weight excluding hydrogens is 514 g/mol. The fraction of sp³-hybridized carbons (Fsp3) is 0.158. The van der Waals surface area contributed by atoms with Crippen molar-refractivity contribution in [2.45, 2.75) is 40.5 Å². The third-order valence-electron chi connectivity index (χ3n) is 9.25. The number of H-pyrrole nitrogens is 2. The van der Waals surface area contributed by atoms with Crippen LogP contribution in [0.4, 0.5) is 0 Å². The fourth-order valence-corrected chi connectivity index (χ4v) is 7.17. The highest BCUT2D eigenvalue weighted by molar-refractivity contribution is 6.22. The zero-order valence-electron chi connectivity index (χ0n) is 24.3. The van der Waals surface area contributed by atoms with E-state index in [4.69, 9.17) is 4.98 Å². The van der Waals surface area contributed by atoms with Crippen LogP contribution in [0.3, 0.4) is 0 Å². The van der Waals surface area contributed by atoms with Crippen molar-refractivity contribution < 1.29 is 4.79 Å². The van der Waals surface area contributed by atoms with E-state index in [1.165, 1.54) is 49.7 Å². The average Bonchev–Trinajstić information content (AvgIpc) is 3.68. The molecular formula is C38H31N3O. The van der Waals surface area contributed by atoms with Gasteiger partial charge in [0, 0.05) is 38.8 Å². The summed E-state index contributed by atoms with van der Waals surface area (Å²) in [5.41, 5.74) is 17.6. The summed E-state index contributed by atoms with van der Waals surface area (Å²) in [6.07, 6.45) is 5.35. The molecule has 4 heteroatoms. The lowest BCUT2D eigenvalue weighted by Crippen LogP contribution is -1.98. The summed E-state index contributed by atoms with van der Waals surface area (Å²) in [7, 11) is 0. The van der Waals surface area contributed by atoms with Gasteiger partial charge in [0.1, 0.15) is 0 Å². The minimum absolute atomic E-state index is 0.00316. The Morgan fingerprint density at radius 3 is 2.14 bits per heavy atom. The Hall–Kier alpha value is -4.96. The Morgan fingerprint density at radius 1 is 0.714 bits per heavy atom. The maximum absolute atomic E-state index is 13.0. The van der Waals surface area contributed by atoms with Gasteiger partial charge in [-0.3, -0.25) is 4.79 Å². The van der Waals surface area contributed by atoms with Crippen molar-refractivity contribution in [2.24, 2.45) is 0 Å². The molecule has 2 aliphatic carbocycles. The lowest BCUT2D eigenvalue weighted by atomic mass is 10.00. The molecule has 8 bridgehead atoms. The van der Waals surface area contributed by atoms with E-state index < -0.39 is 0 Å². The number of ketones is 1. The van der Waals surface area contributed by atoms with Crippen LogP contribution in [-0.2, 0) is 6.42 Å². The van der Waals surface area contributed by atoms with Gasteiger partial charge in [0.2, 0.25) is 0 Å². The quantitative estimate of drug-likeness (QED) is 0.227. The molecule has 0 radical (unpaired) electrons. The summed E-state index contributed by atoms with van der Waals surface area (Å²) in [5, 5.41) is 2.56. The van der Waals surface area contributed by atoms with Crippen LogP contribution in [0.15, 0.2) is 72.8 Å². The van der Waals surface area contributed by atoms with Gasteiger partial charge in [-0.05, 0) is 113 Å². The van der Waals surface area contributed by atoms with Crippen molar-refractivity contribution >= 4 is 55.8 Å². The number of hydrogen-bond acceptors (Lipinski definition) is 2. The summed E-state index contributed by atoms with van der Waals surface area (Å²) in [5.74, 6) is 0.00316. The smallest absolute Gasteiger partial charge is 0.185 e. The van der Waals surface area contributed by atoms with E-state index >= 15 is 0 Å². The average molecular weight is 546 g/mol. The van der Waals surface area contributed by atoms with E-state index in [0.717, 1.165) is 57.4 Å². The first-order valence-corrected chi connectivity index (χ1v) is 14.8. The van der Waals surface area contributed by atoms with Crippen molar-refractivity contribution in [3.63, 3.8) is 0 Å². The lowest BCUT2D eigenvalue weighted by Gasteiger charge is -2.03. The molecule has 4 heterocycles. The second-order valence-electron chi connectivity index (χ2n) is 11.5. The van der Waals surface area contributed by atoms with E-state index in [9.17, 15) is 4.79 Å². The molecule has 3 aliphatic rings. The Labute approximate surface area is 244 Å². The number of aromatic nitrogens is 3. The van der Waals surface area contributed by atoms with Crippen molar-refractivity contribution in [3.05, 3.63) is 106 Å². The molecule has 0 unspecified atom stereocenters. The van der Waals surface area contributed by atoms with Crippen LogP contribution in [0.5, 0.6) is 0 Å². The SMILES string of the molecule is CCC1=C(C)c2cc3cc(cc4[nH]c(cc5[nH]c(cc1n2)c1c5-c2cccc5cccc-1c25)c(CC)c4C)C=CC3=O. The fourth-order valence-electron chi connectivity index (χ4n) is 7.17. The molecule has 204 valence electrons. The molecule has 0 saturated carbocycles. The molecule has 42 heavy (non-hydrogen) atoms. The summed E-state index contributed by atoms with van der Waals surface area (Å²) >= 11 is 0. The van der Waals surface area contributed by atoms with Gasteiger partial charge in [0.15, 0.2) is 5.78 Å². The standard InChI is InChI=1S/C38H31N3O/c1-5-25-20(3)29-16-22-13-14-35(42)24(15-22)17-30-21(4)26(6-2)32(40-30)19-34-38-28-12-8-10-23-9-7-11-27(36(23)28)37(38)33(41-34)18-31(25)39-29/h7-19,39,41H,5-6H2,1-4H3. The summed E-state index contributed by atoms with van der Waals surface area (Å²) in [6.45, 7) is 8.69. The van der Waals surface area contributed by atoms with Gasteiger partial charge in [-0.2, -0.15) is 0 Å². The molecule has 0 saturated heterocycles. The van der Waals surface area contributed by atoms with E-state index in [1.807, 2.05) is 18.2 Å². The Kier molecular flexibility index (Phi) is 5.33. The van der Waals surface area contributed by atoms with Crippen molar-refractivity contribution in [1.29, 1.82) is 0 Å². The third kappa shape index (κ3) is 3.48. The molecule has 3 aromatic heterocycles. The number of benzene rings is 2. The molecule has 8 rings (SSSR count). The molecule has 5 aromatic rings. The van der Waals surface area contributed by atoms with Crippen LogP contribution in [0, 0.1) is 6.92 Å². The zero-order valence-corrected chi connectivity index (χ0v) is 24.3. The first-order valence-electron chi connectivity index (χ1n) is 14.8. The molecule has 4 nitrogen and oxygen atoms in total. The molecule has 2 N–H and O–H groups in total. The molecule has 0 amide bonds. The van der Waals surface area contributed by atoms with Crippen LogP contribution in [0.2, 0.25) is 0 Å². The van der Waals surface area contributed by atoms with Crippen molar-refractivity contribution in [3.8, 4) is 22.3 Å². The van der Waals surface area contributed by atoms with Crippen molar-refractivity contribution in [2.75, 3.05) is 0 Å². The number of nitrogens with one attached hydrogen (secondary N) is 2. The number of nitrogens with zero attached hydrogens (tertiary/aromatic N) is 1. The summed E-state index contributed by atoms with van der Waals surface area (Å²) in [4.78, 5) is 25.6. The highest BCUT2D eigenvalue weighted by Gasteiger charge is 2.26. The van der Waals surface area contributed by atoms with Crippen LogP contribution >= 0.6 is 0 Å². The number of carbonyl (C=O) groups is 1. The number of aryl methyl sites for hydroxylation is 2. The Bertz CT molecular complexity index is 2250. The number of rotatable bonds is 2. The topological polar surface area (TPSA) is 61.5 Å². The minimum Gasteiger partial charge on any atom is -0.355 e. The number of allylic oxidation sites excluding steroid dienone is 3. The summed E-state index contributed by atoms with van der Waals surface area (Å²) < 4.78 is 0.